The minimum Gasteiger partial charge on any atom is -0.364 e. The van der Waals surface area contributed by atoms with Crippen LogP contribution in [-0.2, 0) is 11.3 Å². The summed E-state index contributed by atoms with van der Waals surface area (Å²) in [5.74, 6) is 0. The fraction of sp³-hybridized carbons (Fsp3) is 0.100. The lowest BCUT2D eigenvalue weighted by Gasteiger charge is -2.18. The van der Waals surface area contributed by atoms with Crippen molar-refractivity contribution in [3.8, 4) is 11.1 Å². The Hall–Kier alpha value is -1.90. The molecule has 0 aromatic heterocycles. The average Bonchev–Trinajstić information content (AvgIpc) is 2.74. The number of hydrogen-bond donors (Lipinski definition) is 0. The van der Waals surface area contributed by atoms with Crippen molar-refractivity contribution in [3.05, 3.63) is 94.0 Å². The Labute approximate surface area is 138 Å². The third-order valence-corrected chi connectivity index (χ3v) is 4.89. The molecule has 0 radical (unpaired) electrons. The largest absolute Gasteiger partial charge is 0.364 e. The molecule has 3 aromatic rings. The molecule has 0 bridgehead atoms. The van der Waals surface area contributed by atoms with Crippen molar-refractivity contribution < 1.29 is 4.74 Å². The van der Waals surface area contributed by atoms with Gasteiger partial charge in [0, 0.05) is 4.47 Å². The van der Waals surface area contributed by atoms with Crippen LogP contribution in [0.25, 0.3) is 11.1 Å². The summed E-state index contributed by atoms with van der Waals surface area (Å²) in [6.07, 6.45) is -0.0308. The van der Waals surface area contributed by atoms with Gasteiger partial charge in [-0.2, -0.15) is 0 Å². The van der Waals surface area contributed by atoms with Gasteiger partial charge in [-0.25, -0.2) is 0 Å². The molecular weight excluding hydrogens is 336 g/mol. The molecule has 0 spiro atoms. The van der Waals surface area contributed by atoms with Crippen LogP contribution in [-0.4, -0.2) is 0 Å². The van der Waals surface area contributed by atoms with Gasteiger partial charge in [0.1, 0.15) is 6.10 Å². The third kappa shape index (κ3) is 2.29. The van der Waals surface area contributed by atoms with Gasteiger partial charge in [-0.05, 0) is 33.9 Å². The Morgan fingerprint density at radius 1 is 0.773 bits per heavy atom. The van der Waals surface area contributed by atoms with E-state index in [2.05, 4.69) is 82.7 Å². The maximum Gasteiger partial charge on any atom is 0.109 e. The summed E-state index contributed by atoms with van der Waals surface area (Å²) in [5, 5.41) is 0. The number of fused-ring (bicyclic) bond motifs is 3. The fourth-order valence-electron chi connectivity index (χ4n) is 3.09. The number of hydrogen-bond acceptors (Lipinski definition) is 1. The van der Waals surface area contributed by atoms with E-state index in [9.17, 15) is 0 Å². The van der Waals surface area contributed by atoms with Crippen LogP contribution in [0.4, 0.5) is 0 Å². The highest BCUT2D eigenvalue weighted by Gasteiger charge is 2.24. The molecule has 0 saturated carbocycles. The van der Waals surface area contributed by atoms with E-state index in [1.54, 1.807) is 0 Å². The summed E-state index contributed by atoms with van der Waals surface area (Å²) in [7, 11) is 0. The van der Waals surface area contributed by atoms with E-state index >= 15 is 0 Å². The van der Waals surface area contributed by atoms with Crippen LogP contribution in [0, 0.1) is 0 Å². The Morgan fingerprint density at radius 3 is 2.36 bits per heavy atom. The summed E-state index contributed by atoms with van der Waals surface area (Å²) in [5.41, 5.74) is 6.14. The first-order valence-corrected chi connectivity index (χ1v) is 8.17. The van der Waals surface area contributed by atoms with Gasteiger partial charge >= 0.3 is 0 Å². The van der Waals surface area contributed by atoms with Crippen molar-refractivity contribution in [1.29, 1.82) is 0 Å². The quantitative estimate of drug-likeness (QED) is 0.544. The van der Waals surface area contributed by atoms with E-state index in [4.69, 9.17) is 4.74 Å². The molecule has 0 amide bonds. The number of benzene rings is 3. The lowest BCUT2D eigenvalue weighted by atomic mass is 9.92. The van der Waals surface area contributed by atoms with E-state index in [1.807, 2.05) is 6.07 Å². The van der Waals surface area contributed by atoms with Crippen molar-refractivity contribution in [2.75, 3.05) is 0 Å². The summed E-state index contributed by atoms with van der Waals surface area (Å²) >= 11 is 3.66. The van der Waals surface area contributed by atoms with Gasteiger partial charge in [0.15, 0.2) is 0 Å². The van der Waals surface area contributed by atoms with Crippen molar-refractivity contribution in [1.82, 2.24) is 0 Å². The SMILES string of the molecule is Brc1cccc2c1COC(c1ccccc1)c1ccccc1-2. The molecule has 22 heavy (non-hydrogen) atoms. The molecule has 2 heteroatoms. The molecule has 0 saturated heterocycles. The second-order valence-corrected chi connectivity index (χ2v) is 6.31. The van der Waals surface area contributed by atoms with Crippen LogP contribution in [0.3, 0.4) is 0 Å². The Kier molecular flexibility index (Phi) is 3.57. The molecule has 1 nitrogen and oxygen atoms in total. The predicted molar refractivity (Wildman–Crippen MR) is 92.7 cm³/mol. The summed E-state index contributed by atoms with van der Waals surface area (Å²) in [6.45, 7) is 0.602. The van der Waals surface area contributed by atoms with Crippen LogP contribution in [0.1, 0.15) is 22.8 Å². The maximum absolute atomic E-state index is 6.29. The summed E-state index contributed by atoms with van der Waals surface area (Å²) in [6, 6.07) is 25.3. The van der Waals surface area contributed by atoms with Crippen molar-refractivity contribution in [3.63, 3.8) is 0 Å². The highest BCUT2D eigenvalue weighted by Crippen LogP contribution is 2.41. The monoisotopic (exact) mass is 350 g/mol. The van der Waals surface area contributed by atoms with Crippen LogP contribution in [0.5, 0.6) is 0 Å². The Balaban J connectivity index is 1.94. The molecule has 1 atom stereocenters. The molecule has 1 aliphatic rings. The molecule has 1 heterocycles. The van der Waals surface area contributed by atoms with E-state index in [-0.39, 0.29) is 6.10 Å². The number of ether oxygens (including phenoxy) is 1. The average molecular weight is 351 g/mol. The minimum atomic E-state index is -0.0308. The highest BCUT2D eigenvalue weighted by molar-refractivity contribution is 9.10. The molecule has 108 valence electrons. The zero-order valence-electron chi connectivity index (χ0n) is 12.0. The minimum absolute atomic E-state index is 0.0308. The number of rotatable bonds is 1. The first kappa shape index (κ1) is 13.7. The second kappa shape index (κ2) is 5.71. The van der Waals surface area contributed by atoms with Crippen LogP contribution in [0.15, 0.2) is 77.3 Å². The molecule has 0 fully saturated rings. The van der Waals surface area contributed by atoms with E-state index in [1.165, 1.54) is 27.8 Å². The van der Waals surface area contributed by atoms with Crippen molar-refractivity contribution >= 4 is 15.9 Å². The number of halogens is 1. The molecule has 0 aliphatic carbocycles. The topological polar surface area (TPSA) is 9.23 Å². The lowest BCUT2D eigenvalue weighted by molar-refractivity contribution is 0.0689. The first-order valence-electron chi connectivity index (χ1n) is 7.38. The summed E-state index contributed by atoms with van der Waals surface area (Å²) < 4.78 is 7.40. The first-order chi connectivity index (χ1) is 10.8. The molecular formula is C20H15BrO. The molecule has 1 unspecified atom stereocenters. The highest BCUT2D eigenvalue weighted by atomic mass is 79.9. The molecule has 4 rings (SSSR count). The van der Waals surface area contributed by atoms with E-state index in [0.717, 1.165) is 4.47 Å². The normalized spacial score (nSPS) is 16.5. The van der Waals surface area contributed by atoms with Gasteiger partial charge in [-0.3, -0.25) is 0 Å². The lowest BCUT2D eigenvalue weighted by Crippen LogP contribution is -2.05. The second-order valence-electron chi connectivity index (χ2n) is 5.45. The third-order valence-electron chi connectivity index (χ3n) is 4.15. The van der Waals surface area contributed by atoms with Crippen LogP contribution >= 0.6 is 15.9 Å². The van der Waals surface area contributed by atoms with Gasteiger partial charge in [0.25, 0.3) is 0 Å². The Bertz CT molecular complexity index is 811. The standard InChI is InChI=1S/C20H15BrO/c21-19-12-6-11-16-15-9-4-5-10-17(15)20(22-13-18(16)19)14-7-2-1-3-8-14/h1-12,20H,13H2. The van der Waals surface area contributed by atoms with Gasteiger partial charge < -0.3 is 4.74 Å². The maximum atomic E-state index is 6.29. The van der Waals surface area contributed by atoms with Gasteiger partial charge in [0.05, 0.1) is 6.61 Å². The zero-order valence-corrected chi connectivity index (χ0v) is 13.6. The smallest absolute Gasteiger partial charge is 0.109 e. The zero-order chi connectivity index (χ0) is 14.9. The van der Waals surface area contributed by atoms with Gasteiger partial charge in [-0.1, -0.05) is 82.7 Å². The Morgan fingerprint density at radius 2 is 1.50 bits per heavy atom. The van der Waals surface area contributed by atoms with E-state index in [0.29, 0.717) is 6.61 Å². The molecule has 3 aromatic carbocycles. The molecule has 1 aliphatic heterocycles. The van der Waals surface area contributed by atoms with Crippen molar-refractivity contribution in [2.45, 2.75) is 12.7 Å². The van der Waals surface area contributed by atoms with Gasteiger partial charge in [-0.15, -0.1) is 0 Å². The predicted octanol–water partition coefficient (Wildman–Crippen LogP) is 5.74. The fourth-order valence-corrected chi connectivity index (χ4v) is 3.57. The van der Waals surface area contributed by atoms with E-state index < -0.39 is 0 Å². The summed E-state index contributed by atoms with van der Waals surface area (Å²) in [4.78, 5) is 0. The van der Waals surface area contributed by atoms with Gasteiger partial charge in [0.2, 0.25) is 0 Å². The molecule has 0 N–H and O–H groups in total. The van der Waals surface area contributed by atoms with Crippen molar-refractivity contribution in [2.24, 2.45) is 0 Å². The van der Waals surface area contributed by atoms with Crippen LogP contribution in [0.2, 0.25) is 0 Å². The van der Waals surface area contributed by atoms with Crippen LogP contribution < -0.4 is 0 Å².